The fourth-order valence-corrected chi connectivity index (χ4v) is 2.67. The number of hydrogen-bond acceptors (Lipinski definition) is 3. The van der Waals surface area contributed by atoms with Crippen molar-refractivity contribution in [3.63, 3.8) is 0 Å². The van der Waals surface area contributed by atoms with Crippen molar-refractivity contribution < 1.29 is 4.74 Å². The quantitative estimate of drug-likeness (QED) is 0.918. The largest absolute Gasteiger partial charge is 0.381 e. The highest BCUT2D eigenvalue weighted by atomic mass is 16.5. The number of hydrogen-bond donors (Lipinski definition) is 1. The average molecular weight is 285 g/mol. The van der Waals surface area contributed by atoms with Crippen LogP contribution in [0.15, 0.2) is 42.7 Å². The van der Waals surface area contributed by atoms with E-state index in [0.717, 1.165) is 39.1 Å². The highest BCUT2D eigenvalue weighted by Crippen LogP contribution is 2.20. The molecule has 0 spiro atoms. The van der Waals surface area contributed by atoms with Crippen molar-refractivity contribution in [2.45, 2.75) is 38.4 Å². The molecule has 1 aromatic heterocycles. The molecule has 0 unspecified atom stereocenters. The van der Waals surface area contributed by atoms with Crippen LogP contribution in [0.5, 0.6) is 0 Å². The predicted molar refractivity (Wildman–Crippen MR) is 83.1 cm³/mol. The summed E-state index contributed by atoms with van der Waals surface area (Å²) in [6, 6.07) is 10.4. The van der Waals surface area contributed by atoms with E-state index < -0.39 is 0 Å². The van der Waals surface area contributed by atoms with Crippen LogP contribution in [0.4, 0.5) is 0 Å². The third kappa shape index (κ3) is 3.93. The van der Waals surface area contributed by atoms with E-state index in [9.17, 15) is 0 Å². The fraction of sp³-hybridized carbons (Fsp3) is 0.471. The Bertz CT molecular complexity index is 558. The van der Waals surface area contributed by atoms with E-state index in [0.29, 0.717) is 0 Å². The van der Waals surface area contributed by atoms with Crippen molar-refractivity contribution in [3.05, 3.63) is 53.9 Å². The minimum Gasteiger partial charge on any atom is -0.381 e. The molecule has 2 heterocycles. The van der Waals surface area contributed by atoms with Crippen LogP contribution in [0.25, 0.3) is 0 Å². The number of ether oxygens (including phenoxy) is 1. The number of benzene rings is 1. The molecule has 2 aromatic rings. The van der Waals surface area contributed by atoms with Gasteiger partial charge >= 0.3 is 0 Å². The molecular weight excluding hydrogens is 262 g/mol. The van der Waals surface area contributed by atoms with Crippen LogP contribution < -0.4 is 5.32 Å². The fourth-order valence-electron chi connectivity index (χ4n) is 2.67. The van der Waals surface area contributed by atoms with Gasteiger partial charge in [0.15, 0.2) is 0 Å². The molecule has 0 saturated carbocycles. The molecule has 1 N–H and O–H groups in total. The third-order valence-corrected chi connectivity index (χ3v) is 4.19. The molecule has 1 saturated heterocycles. The molecule has 4 heteroatoms. The Morgan fingerprint density at radius 3 is 2.71 bits per heavy atom. The van der Waals surface area contributed by atoms with Gasteiger partial charge in [0.05, 0.1) is 12.7 Å². The zero-order valence-electron chi connectivity index (χ0n) is 12.6. The lowest BCUT2D eigenvalue weighted by Gasteiger charge is -2.34. The van der Waals surface area contributed by atoms with Gasteiger partial charge in [-0.2, -0.15) is 5.10 Å². The monoisotopic (exact) mass is 285 g/mol. The Morgan fingerprint density at radius 1 is 1.19 bits per heavy atom. The second kappa shape index (κ2) is 6.41. The summed E-state index contributed by atoms with van der Waals surface area (Å²) in [6.45, 7) is 5.69. The van der Waals surface area contributed by atoms with Crippen molar-refractivity contribution >= 4 is 0 Å². The summed E-state index contributed by atoms with van der Waals surface area (Å²) in [7, 11) is 0. The van der Waals surface area contributed by atoms with Crippen LogP contribution in [-0.2, 0) is 17.8 Å². The first-order chi connectivity index (χ1) is 10.2. The van der Waals surface area contributed by atoms with Gasteiger partial charge in [-0.15, -0.1) is 0 Å². The molecule has 1 aliphatic heterocycles. The van der Waals surface area contributed by atoms with Crippen LogP contribution in [0.2, 0.25) is 0 Å². The molecular formula is C17H23N3O. The van der Waals surface area contributed by atoms with E-state index in [1.807, 2.05) is 16.9 Å². The molecule has 0 amide bonds. The zero-order valence-corrected chi connectivity index (χ0v) is 12.6. The Balaban J connectivity index is 1.55. The zero-order chi connectivity index (χ0) is 14.5. The van der Waals surface area contributed by atoms with Crippen molar-refractivity contribution in [2.24, 2.45) is 0 Å². The number of nitrogens with one attached hydrogen (secondary N) is 1. The van der Waals surface area contributed by atoms with Gasteiger partial charge in [0.2, 0.25) is 0 Å². The van der Waals surface area contributed by atoms with Gasteiger partial charge in [-0.3, -0.25) is 4.68 Å². The maximum atomic E-state index is 5.43. The van der Waals surface area contributed by atoms with E-state index >= 15 is 0 Å². The van der Waals surface area contributed by atoms with Crippen molar-refractivity contribution in [1.29, 1.82) is 0 Å². The second-order valence-electron chi connectivity index (χ2n) is 6.06. The topological polar surface area (TPSA) is 39.1 Å². The summed E-state index contributed by atoms with van der Waals surface area (Å²) in [5.74, 6) is 0. The minimum absolute atomic E-state index is 0.194. The molecule has 0 aliphatic carbocycles. The first-order valence-corrected chi connectivity index (χ1v) is 7.62. The average Bonchev–Trinajstić information content (AvgIpc) is 2.95. The highest BCUT2D eigenvalue weighted by molar-refractivity contribution is 5.15. The lowest BCUT2D eigenvalue weighted by atomic mass is 9.92. The molecule has 3 rings (SSSR count). The number of rotatable bonds is 5. The summed E-state index contributed by atoms with van der Waals surface area (Å²) in [6.07, 6.45) is 6.23. The third-order valence-electron chi connectivity index (χ3n) is 4.19. The maximum absolute atomic E-state index is 5.43. The summed E-state index contributed by atoms with van der Waals surface area (Å²) in [4.78, 5) is 0. The Kier molecular flexibility index (Phi) is 4.36. The lowest BCUT2D eigenvalue weighted by Crippen LogP contribution is -2.46. The number of nitrogens with zero attached hydrogens (tertiary/aromatic N) is 2. The van der Waals surface area contributed by atoms with E-state index in [2.05, 4.69) is 47.8 Å². The van der Waals surface area contributed by atoms with Gasteiger partial charge in [0.25, 0.3) is 0 Å². The Labute approximate surface area is 126 Å². The van der Waals surface area contributed by atoms with E-state index in [1.54, 1.807) is 0 Å². The van der Waals surface area contributed by atoms with Gasteiger partial charge in [0, 0.05) is 37.1 Å². The molecule has 0 atom stereocenters. The van der Waals surface area contributed by atoms with E-state index in [1.165, 1.54) is 11.1 Å². The van der Waals surface area contributed by atoms with Crippen molar-refractivity contribution in [2.75, 3.05) is 13.2 Å². The van der Waals surface area contributed by atoms with Crippen molar-refractivity contribution in [3.8, 4) is 0 Å². The Hall–Kier alpha value is -1.65. The number of aromatic nitrogens is 2. The van der Waals surface area contributed by atoms with E-state index in [4.69, 9.17) is 4.74 Å². The van der Waals surface area contributed by atoms with Crippen LogP contribution >= 0.6 is 0 Å². The molecule has 1 aromatic carbocycles. The Morgan fingerprint density at radius 2 is 1.95 bits per heavy atom. The normalized spacial score (nSPS) is 17.8. The molecule has 112 valence electrons. The van der Waals surface area contributed by atoms with E-state index in [-0.39, 0.29) is 5.54 Å². The van der Waals surface area contributed by atoms with Crippen LogP contribution in [-0.4, -0.2) is 28.5 Å². The van der Waals surface area contributed by atoms with Crippen LogP contribution in [0.1, 0.15) is 30.9 Å². The summed E-state index contributed by atoms with van der Waals surface area (Å²) < 4.78 is 7.43. The molecule has 21 heavy (non-hydrogen) atoms. The molecule has 0 radical (unpaired) electrons. The van der Waals surface area contributed by atoms with Gasteiger partial charge in [-0.05, 0) is 25.3 Å². The maximum Gasteiger partial charge on any atom is 0.0659 e. The second-order valence-corrected chi connectivity index (χ2v) is 6.06. The first kappa shape index (κ1) is 14.3. The summed E-state index contributed by atoms with van der Waals surface area (Å²) >= 11 is 0. The molecule has 4 nitrogen and oxygen atoms in total. The standard InChI is InChI=1S/C17H23N3O/c1-17(7-9-21-10-8-17)18-11-16-12-19-20(14-16)13-15-5-3-2-4-6-15/h2-6,12,14,18H,7-11,13H2,1H3. The molecule has 1 fully saturated rings. The first-order valence-electron chi connectivity index (χ1n) is 7.62. The minimum atomic E-state index is 0.194. The summed E-state index contributed by atoms with van der Waals surface area (Å²) in [5, 5.41) is 8.11. The SMILES string of the molecule is CC1(NCc2cnn(Cc3ccccc3)c2)CCOCC1. The molecule has 1 aliphatic rings. The van der Waals surface area contributed by atoms with Gasteiger partial charge < -0.3 is 10.1 Å². The summed E-state index contributed by atoms with van der Waals surface area (Å²) in [5.41, 5.74) is 2.70. The smallest absolute Gasteiger partial charge is 0.0659 e. The predicted octanol–water partition coefficient (Wildman–Crippen LogP) is 2.59. The van der Waals surface area contributed by atoms with Crippen molar-refractivity contribution in [1.82, 2.24) is 15.1 Å². The van der Waals surface area contributed by atoms with Crippen LogP contribution in [0.3, 0.4) is 0 Å². The lowest BCUT2D eigenvalue weighted by molar-refractivity contribution is 0.0446. The van der Waals surface area contributed by atoms with Gasteiger partial charge in [-0.25, -0.2) is 0 Å². The van der Waals surface area contributed by atoms with Gasteiger partial charge in [0.1, 0.15) is 0 Å². The molecule has 0 bridgehead atoms. The van der Waals surface area contributed by atoms with Crippen LogP contribution in [0, 0.1) is 0 Å². The highest BCUT2D eigenvalue weighted by Gasteiger charge is 2.26. The van der Waals surface area contributed by atoms with Gasteiger partial charge in [-0.1, -0.05) is 30.3 Å².